The van der Waals surface area contributed by atoms with Gasteiger partial charge in [-0.25, -0.2) is 0 Å². The monoisotopic (exact) mass is 297 g/mol. The van der Waals surface area contributed by atoms with Gasteiger partial charge in [0.05, 0.1) is 13.2 Å². The highest BCUT2D eigenvalue weighted by atomic mass is 16.5. The normalized spacial score (nSPS) is 27.4. The van der Waals surface area contributed by atoms with Gasteiger partial charge in [-0.1, -0.05) is 13.3 Å². The third-order valence-electron chi connectivity index (χ3n) is 4.64. The van der Waals surface area contributed by atoms with Crippen molar-refractivity contribution in [3.8, 4) is 0 Å². The highest BCUT2D eigenvalue weighted by Gasteiger charge is 2.34. The fraction of sp³-hybridized carbons (Fsp3) is 0.867. The molecule has 1 unspecified atom stereocenters. The molecular weight excluding hydrogens is 270 g/mol. The van der Waals surface area contributed by atoms with Crippen molar-refractivity contribution in [3.63, 3.8) is 0 Å². The Hall–Kier alpha value is -1.14. The predicted molar refractivity (Wildman–Crippen MR) is 79.5 cm³/mol. The van der Waals surface area contributed by atoms with Crippen molar-refractivity contribution in [2.75, 3.05) is 32.8 Å². The number of hydrogen-bond donors (Lipinski definition) is 2. The Kier molecular flexibility index (Phi) is 5.99. The Balaban J connectivity index is 1.91. The molecule has 1 heterocycles. The van der Waals surface area contributed by atoms with Crippen molar-refractivity contribution in [2.24, 2.45) is 17.6 Å². The van der Waals surface area contributed by atoms with Crippen molar-refractivity contribution in [2.45, 2.75) is 38.6 Å². The highest BCUT2D eigenvalue weighted by Crippen LogP contribution is 2.31. The van der Waals surface area contributed by atoms with Gasteiger partial charge in [-0.05, 0) is 31.7 Å². The quantitative estimate of drug-likeness (QED) is 0.754. The molecule has 21 heavy (non-hydrogen) atoms. The van der Waals surface area contributed by atoms with Gasteiger partial charge in [-0.15, -0.1) is 0 Å². The van der Waals surface area contributed by atoms with E-state index in [1.165, 1.54) is 0 Å². The lowest BCUT2D eigenvalue weighted by Gasteiger charge is -2.31. The minimum atomic E-state index is -0.422. The first kappa shape index (κ1) is 16.2. The number of ether oxygens (including phenoxy) is 1. The topological polar surface area (TPSA) is 84.7 Å². The maximum absolute atomic E-state index is 12.5. The molecule has 0 aromatic heterocycles. The standard InChI is InChI=1S/C15H27N3O3/c1-2-13(15(20)18-6-8-21-9-7-18)17-14(19)12-5-3-4-11(12)10-16/h11-13H,2-10,16H2,1H3,(H,17,19)/t11-,12-,13?/m1/s1. The highest BCUT2D eigenvalue weighted by molar-refractivity contribution is 5.88. The molecule has 3 N–H and O–H groups in total. The van der Waals surface area contributed by atoms with Crippen molar-refractivity contribution >= 4 is 11.8 Å². The molecule has 2 amide bonds. The van der Waals surface area contributed by atoms with Crippen molar-refractivity contribution < 1.29 is 14.3 Å². The van der Waals surface area contributed by atoms with E-state index in [0.29, 0.717) is 39.3 Å². The molecule has 2 rings (SSSR count). The van der Waals surface area contributed by atoms with Crippen LogP contribution in [0.5, 0.6) is 0 Å². The fourth-order valence-corrected chi connectivity index (χ4v) is 3.29. The summed E-state index contributed by atoms with van der Waals surface area (Å²) in [6, 6.07) is -0.422. The van der Waals surface area contributed by atoms with Crippen LogP contribution >= 0.6 is 0 Å². The zero-order chi connectivity index (χ0) is 15.2. The van der Waals surface area contributed by atoms with Crippen LogP contribution in [-0.2, 0) is 14.3 Å². The number of nitrogens with one attached hydrogen (secondary N) is 1. The first-order valence-electron chi connectivity index (χ1n) is 8.04. The summed E-state index contributed by atoms with van der Waals surface area (Å²) in [5.74, 6) is 0.246. The maximum atomic E-state index is 12.5. The van der Waals surface area contributed by atoms with Crippen molar-refractivity contribution in [1.82, 2.24) is 10.2 Å². The lowest BCUT2D eigenvalue weighted by Crippen LogP contribution is -2.52. The lowest BCUT2D eigenvalue weighted by atomic mass is 9.95. The van der Waals surface area contributed by atoms with Gasteiger partial charge < -0.3 is 20.7 Å². The average Bonchev–Trinajstić information content (AvgIpc) is 3.01. The molecule has 1 aliphatic carbocycles. The summed E-state index contributed by atoms with van der Waals surface area (Å²) in [7, 11) is 0. The van der Waals surface area contributed by atoms with Crippen LogP contribution in [0.3, 0.4) is 0 Å². The second-order valence-corrected chi connectivity index (χ2v) is 5.94. The summed E-state index contributed by atoms with van der Waals surface area (Å²) in [5, 5.41) is 2.94. The molecule has 0 aromatic carbocycles. The Bertz CT molecular complexity index is 369. The van der Waals surface area contributed by atoms with Crippen molar-refractivity contribution in [1.29, 1.82) is 0 Å². The van der Waals surface area contributed by atoms with Crippen LogP contribution in [0.1, 0.15) is 32.6 Å². The second kappa shape index (κ2) is 7.75. The fourth-order valence-electron chi connectivity index (χ4n) is 3.29. The van der Waals surface area contributed by atoms with Crippen LogP contribution in [0.4, 0.5) is 0 Å². The Morgan fingerprint density at radius 1 is 1.33 bits per heavy atom. The number of carbonyl (C=O) groups is 2. The minimum Gasteiger partial charge on any atom is -0.378 e. The molecular formula is C15H27N3O3. The molecule has 1 saturated carbocycles. The minimum absolute atomic E-state index is 0.00332. The van der Waals surface area contributed by atoms with E-state index in [2.05, 4.69) is 5.32 Å². The van der Waals surface area contributed by atoms with E-state index < -0.39 is 6.04 Å². The summed E-state index contributed by atoms with van der Waals surface area (Å²) in [4.78, 5) is 26.7. The summed E-state index contributed by atoms with van der Waals surface area (Å²) in [5.41, 5.74) is 5.73. The summed E-state index contributed by atoms with van der Waals surface area (Å²) in [6.45, 7) is 4.85. The number of morpholine rings is 1. The Labute approximate surface area is 126 Å². The van der Waals surface area contributed by atoms with Crippen LogP contribution in [0.15, 0.2) is 0 Å². The van der Waals surface area contributed by atoms with Gasteiger partial charge >= 0.3 is 0 Å². The van der Waals surface area contributed by atoms with Crippen LogP contribution in [0.2, 0.25) is 0 Å². The number of hydrogen-bond acceptors (Lipinski definition) is 4. The lowest BCUT2D eigenvalue weighted by molar-refractivity contribution is -0.141. The van der Waals surface area contributed by atoms with E-state index in [9.17, 15) is 9.59 Å². The molecule has 1 aliphatic heterocycles. The Morgan fingerprint density at radius 3 is 2.67 bits per heavy atom. The van der Waals surface area contributed by atoms with Gasteiger partial charge in [-0.3, -0.25) is 9.59 Å². The smallest absolute Gasteiger partial charge is 0.245 e. The molecule has 0 aromatic rings. The molecule has 0 bridgehead atoms. The molecule has 1 saturated heterocycles. The predicted octanol–water partition coefficient (Wildman–Crippen LogP) is 0.115. The summed E-state index contributed by atoms with van der Waals surface area (Å²) >= 11 is 0. The number of carbonyl (C=O) groups excluding carboxylic acids is 2. The van der Waals surface area contributed by atoms with Crippen LogP contribution < -0.4 is 11.1 Å². The van der Waals surface area contributed by atoms with E-state index in [4.69, 9.17) is 10.5 Å². The average molecular weight is 297 g/mol. The summed E-state index contributed by atoms with van der Waals surface area (Å²) in [6.07, 6.45) is 3.56. The first-order valence-corrected chi connectivity index (χ1v) is 8.04. The molecule has 6 heteroatoms. The zero-order valence-electron chi connectivity index (χ0n) is 12.8. The van der Waals surface area contributed by atoms with E-state index in [1.54, 1.807) is 4.90 Å². The Morgan fingerprint density at radius 2 is 2.05 bits per heavy atom. The number of rotatable bonds is 5. The third kappa shape index (κ3) is 3.95. The molecule has 3 atom stereocenters. The number of nitrogens with zero attached hydrogens (tertiary/aromatic N) is 1. The van der Waals surface area contributed by atoms with Crippen LogP contribution in [-0.4, -0.2) is 55.6 Å². The molecule has 6 nitrogen and oxygen atoms in total. The van der Waals surface area contributed by atoms with Gasteiger partial charge in [0.15, 0.2) is 0 Å². The maximum Gasteiger partial charge on any atom is 0.245 e. The second-order valence-electron chi connectivity index (χ2n) is 5.94. The van der Waals surface area contributed by atoms with E-state index in [1.807, 2.05) is 6.92 Å². The van der Waals surface area contributed by atoms with Crippen molar-refractivity contribution in [3.05, 3.63) is 0 Å². The van der Waals surface area contributed by atoms with Gasteiger partial charge in [0.1, 0.15) is 6.04 Å². The van der Waals surface area contributed by atoms with Gasteiger partial charge in [0.25, 0.3) is 0 Å². The summed E-state index contributed by atoms with van der Waals surface area (Å²) < 4.78 is 5.26. The largest absolute Gasteiger partial charge is 0.378 e. The molecule has 0 radical (unpaired) electrons. The van der Waals surface area contributed by atoms with Gasteiger partial charge in [-0.2, -0.15) is 0 Å². The SMILES string of the molecule is CCC(NC(=O)[C@@H]1CCC[C@@H]1CN)C(=O)N1CCOCC1. The third-order valence-corrected chi connectivity index (χ3v) is 4.64. The van der Waals surface area contributed by atoms with Crippen LogP contribution in [0.25, 0.3) is 0 Å². The van der Waals surface area contributed by atoms with Gasteiger partial charge in [0, 0.05) is 19.0 Å². The molecule has 2 fully saturated rings. The molecule has 0 spiro atoms. The number of nitrogens with two attached hydrogens (primary N) is 1. The van der Waals surface area contributed by atoms with E-state index in [-0.39, 0.29) is 23.7 Å². The molecule has 2 aliphatic rings. The zero-order valence-corrected chi connectivity index (χ0v) is 12.8. The van der Waals surface area contributed by atoms with Gasteiger partial charge in [0.2, 0.25) is 11.8 Å². The van der Waals surface area contributed by atoms with E-state index in [0.717, 1.165) is 19.3 Å². The number of amides is 2. The first-order chi connectivity index (χ1) is 10.2. The van der Waals surface area contributed by atoms with Crippen LogP contribution in [0, 0.1) is 11.8 Å². The van der Waals surface area contributed by atoms with E-state index >= 15 is 0 Å². The molecule has 120 valence electrons.